The maximum absolute atomic E-state index is 14.7. The minimum Gasteiger partial charge on any atom is -0.462 e. The molecule has 10 heteroatoms. The van der Waals surface area contributed by atoms with Gasteiger partial charge in [-0.15, -0.1) is 0 Å². The number of aromatic nitrogens is 2. The highest BCUT2D eigenvalue weighted by Gasteiger charge is 2.34. The molecule has 0 unspecified atom stereocenters. The maximum Gasteiger partial charge on any atom is 0.410 e. The summed E-state index contributed by atoms with van der Waals surface area (Å²) in [5.74, 6) is -0.523. The Kier molecular flexibility index (Phi) is 6.80. The number of nitrogens with one attached hydrogen (secondary N) is 1. The molecule has 27 heavy (non-hydrogen) atoms. The number of likely N-dealkylation sites (tertiary alicyclic amines) is 1. The summed E-state index contributed by atoms with van der Waals surface area (Å²) in [6.07, 6.45) is -0.390. The molecule has 1 saturated heterocycles. The Labute approximate surface area is 162 Å². The fourth-order valence-corrected chi connectivity index (χ4v) is 2.70. The smallest absolute Gasteiger partial charge is 0.410 e. The van der Waals surface area contributed by atoms with Crippen molar-refractivity contribution >= 4 is 29.5 Å². The van der Waals surface area contributed by atoms with Crippen molar-refractivity contribution in [3.8, 4) is 0 Å². The van der Waals surface area contributed by atoms with Crippen LogP contribution in [0.3, 0.4) is 0 Å². The topological polar surface area (TPSA) is 93.6 Å². The molecule has 1 N–H and O–H groups in total. The number of piperidine rings is 1. The summed E-state index contributed by atoms with van der Waals surface area (Å²) in [6.45, 7) is 7.29. The maximum atomic E-state index is 14.7. The Hall–Kier alpha value is -2.16. The van der Waals surface area contributed by atoms with Crippen LogP contribution in [0.1, 0.15) is 44.5 Å². The minimum atomic E-state index is -1.38. The summed E-state index contributed by atoms with van der Waals surface area (Å²) < 4.78 is 24.9. The monoisotopic (exact) mass is 402 g/mol. The van der Waals surface area contributed by atoms with Gasteiger partial charge < -0.3 is 19.7 Å². The number of hydrogen-bond acceptors (Lipinski definition) is 7. The number of anilines is 1. The first kappa shape index (κ1) is 21.1. The number of halogens is 2. The Morgan fingerprint density at radius 2 is 2.15 bits per heavy atom. The molecule has 2 rings (SSSR count). The van der Waals surface area contributed by atoms with E-state index in [2.05, 4.69) is 15.3 Å². The van der Waals surface area contributed by atoms with Gasteiger partial charge in [-0.05, 0) is 45.7 Å². The lowest BCUT2D eigenvalue weighted by Crippen LogP contribution is -2.51. The largest absolute Gasteiger partial charge is 0.462 e. The molecule has 1 fully saturated rings. The number of hydrogen-bond donors (Lipinski definition) is 1. The van der Waals surface area contributed by atoms with Crippen molar-refractivity contribution in [1.29, 1.82) is 0 Å². The third-order valence-electron chi connectivity index (χ3n) is 3.77. The lowest BCUT2D eigenvalue weighted by molar-refractivity contribution is 0.0125. The van der Waals surface area contributed by atoms with Gasteiger partial charge in [-0.1, -0.05) is 0 Å². The Balaban J connectivity index is 2.06. The number of amides is 1. The molecule has 150 valence electrons. The van der Waals surface area contributed by atoms with Crippen LogP contribution in [-0.4, -0.2) is 64.4 Å². The standard InChI is InChI=1S/C17H24ClFN4O4/c1-5-26-14(24)10-8-20-15(18)22-13(10)21-12-6-7-23(9-11(12)19)16(25)27-17(2,3)4/h8,11-12H,5-7,9H2,1-4H3,(H,20,21,22)/t11-,12+/m0/s1. The molecule has 0 radical (unpaired) electrons. The van der Waals surface area contributed by atoms with Gasteiger partial charge >= 0.3 is 12.1 Å². The molecule has 1 aliphatic rings. The predicted molar refractivity (Wildman–Crippen MR) is 97.7 cm³/mol. The molecule has 2 heterocycles. The van der Waals surface area contributed by atoms with Crippen LogP contribution in [-0.2, 0) is 9.47 Å². The van der Waals surface area contributed by atoms with E-state index >= 15 is 0 Å². The van der Waals surface area contributed by atoms with E-state index in [0.29, 0.717) is 13.0 Å². The van der Waals surface area contributed by atoms with Gasteiger partial charge in [0.2, 0.25) is 5.28 Å². The predicted octanol–water partition coefficient (Wildman–Crippen LogP) is 3.07. The number of esters is 1. The summed E-state index contributed by atoms with van der Waals surface area (Å²) in [6, 6.07) is -0.650. The summed E-state index contributed by atoms with van der Waals surface area (Å²) in [7, 11) is 0. The SMILES string of the molecule is CCOC(=O)c1cnc(Cl)nc1N[C@@H]1CCN(C(=O)OC(C)(C)C)C[C@@H]1F. The molecule has 1 aromatic rings. The molecule has 0 aromatic carbocycles. The number of ether oxygens (including phenoxy) is 2. The first-order chi connectivity index (χ1) is 12.6. The van der Waals surface area contributed by atoms with Crippen molar-refractivity contribution in [2.75, 3.05) is 25.0 Å². The second-order valence-electron chi connectivity index (χ2n) is 7.10. The van der Waals surface area contributed by atoms with E-state index in [1.165, 1.54) is 11.1 Å². The van der Waals surface area contributed by atoms with Gasteiger partial charge in [0.05, 0.1) is 19.2 Å². The second kappa shape index (κ2) is 8.69. The van der Waals surface area contributed by atoms with E-state index in [9.17, 15) is 14.0 Å². The van der Waals surface area contributed by atoms with Gasteiger partial charge in [0, 0.05) is 12.7 Å². The van der Waals surface area contributed by atoms with Crippen molar-refractivity contribution in [3.63, 3.8) is 0 Å². The van der Waals surface area contributed by atoms with Crippen LogP contribution in [0.2, 0.25) is 5.28 Å². The molecule has 8 nitrogen and oxygen atoms in total. The van der Waals surface area contributed by atoms with E-state index in [-0.39, 0.29) is 29.8 Å². The molecule has 0 spiro atoms. The molecular weight excluding hydrogens is 379 g/mol. The number of carbonyl (C=O) groups excluding carboxylic acids is 2. The molecule has 0 aliphatic carbocycles. The van der Waals surface area contributed by atoms with E-state index in [1.54, 1.807) is 27.7 Å². The molecule has 0 saturated carbocycles. The van der Waals surface area contributed by atoms with Crippen molar-refractivity contribution < 1.29 is 23.5 Å². The highest BCUT2D eigenvalue weighted by molar-refractivity contribution is 6.28. The van der Waals surface area contributed by atoms with Gasteiger partial charge in [0.1, 0.15) is 23.2 Å². The number of rotatable bonds is 4. The van der Waals surface area contributed by atoms with Gasteiger partial charge in [0.15, 0.2) is 0 Å². The van der Waals surface area contributed by atoms with E-state index in [1.807, 2.05) is 0 Å². The molecule has 1 aromatic heterocycles. The molecule has 1 aliphatic heterocycles. The fraction of sp³-hybridized carbons (Fsp3) is 0.647. The highest BCUT2D eigenvalue weighted by Crippen LogP contribution is 2.23. The number of carbonyl (C=O) groups is 2. The van der Waals surface area contributed by atoms with Crippen molar-refractivity contribution in [2.24, 2.45) is 0 Å². The third kappa shape index (κ3) is 5.92. The fourth-order valence-electron chi connectivity index (χ4n) is 2.56. The average Bonchev–Trinajstić information content (AvgIpc) is 2.55. The van der Waals surface area contributed by atoms with Crippen LogP contribution in [0.5, 0.6) is 0 Å². The van der Waals surface area contributed by atoms with Gasteiger partial charge in [-0.2, -0.15) is 4.98 Å². The van der Waals surface area contributed by atoms with Crippen LogP contribution in [0.15, 0.2) is 6.20 Å². The number of nitrogens with zero attached hydrogens (tertiary/aromatic N) is 3. The summed E-state index contributed by atoms with van der Waals surface area (Å²) in [5, 5.41) is 2.82. The molecule has 2 atom stereocenters. The summed E-state index contributed by atoms with van der Waals surface area (Å²) >= 11 is 5.80. The van der Waals surface area contributed by atoms with E-state index < -0.39 is 29.9 Å². The second-order valence-corrected chi connectivity index (χ2v) is 7.44. The van der Waals surface area contributed by atoms with Gasteiger partial charge in [-0.25, -0.2) is 19.0 Å². The molecule has 0 bridgehead atoms. The number of alkyl halides is 1. The van der Waals surface area contributed by atoms with Crippen molar-refractivity contribution in [3.05, 3.63) is 17.0 Å². The van der Waals surface area contributed by atoms with Crippen molar-refractivity contribution in [2.45, 2.75) is 51.9 Å². The Bertz CT molecular complexity index is 698. The zero-order chi connectivity index (χ0) is 20.2. The zero-order valence-corrected chi connectivity index (χ0v) is 16.5. The quantitative estimate of drug-likeness (QED) is 0.611. The Morgan fingerprint density at radius 3 is 2.74 bits per heavy atom. The van der Waals surface area contributed by atoms with Crippen LogP contribution < -0.4 is 5.32 Å². The highest BCUT2D eigenvalue weighted by atomic mass is 35.5. The zero-order valence-electron chi connectivity index (χ0n) is 15.8. The minimum absolute atomic E-state index is 0.0722. The van der Waals surface area contributed by atoms with E-state index in [4.69, 9.17) is 21.1 Å². The van der Waals surface area contributed by atoms with Gasteiger partial charge in [0.25, 0.3) is 0 Å². The lowest BCUT2D eigenvalue weighted by Gasteiger charge is -2.36. The lowest BCUT2D eigenvalue weighted by atomic mass is 10.0. The Morgan fingerprint density at radius 1 is 1.44 bits per heavy atom. The normalized spacial score (nSPS) is 20.1. The molecular formula is C17H24ClFN4O4. The van der Waals surface area contributed by atoms with Crippen LogP contribution in [0, 0.1) is 0 Å². The average molecular weight is 403 g/mol. The van der Waals surface area contributed by atoms with Crippen LogP contribution in [0.4, 0.5) is 15.0 Å². The third-order valence-corrected chi connectivity index (χ3v) is 3.95. The van der Waals surface area contributed by atoms with E-state index in [0.717, 1.165) is 0 Å². The van der Waals surface area contributed by atoms with Crippen LogP contribution >= 0.6 is 11.6 Å². The first-order valence-corrected chi connectivity index (χ1v) is 9.06. The molecule has 1 amide bonds. The summed E-state index contributed by atoms with van der Waals surface area (Å²) in [4.78, 5) is 33.2. The van der Waals surface area contributed by atoms with Crippen LogP contribution in [0.25, 0.3) is 0 Å². The van der Waals surface area contributed by atoms with Gasteiger partial charge in [-0.3, -0.25) is 0 Å². The first-order valence-electron chi connectivity index (χ1n) is 8.69. The van der Waals surface area contributed by atoms with Crippen molar-refractivity contribution in [1.82, 2.24) is 14.9 Å². The summed E-state index contributed by atoms with van der Waals surface area (Å²) in [5.41, 5.74) is -0.576.